The maximum absolute atomic E-state index is 13.2. The van der Waals surface area contributed by atoms with Gasteiger partial charge in [-0.1, -0.05) is 0 Å². The van der Waals surface area contributed by atoms with E-state index >= 15 is 0 Å². The summed E-state index contributed by atoms with van der Waals surface area (Å²) in [6, 6.07) is 12.7. The van der Waals surface area contributed by atoms with Crippen molar-refractivity contribution in [1.82, 2.24) is 14.7 Å². The number of benzene rings is 2. The van der Waals surface area contributed by atoms with E-state index in [0.29, 0.717) is 0 Å². The number of hydrogen-bond acceptors (Lipinski definition) is 2. The van der Waals surface area contributed by atoms with Crippen LogP contribution < -0.4 is 0 Å². The second-order valence-electron chi connectivity index (χ2n) is 6.16. The van der Waals surface area contributed by atoms with Gasteiger partial charge in [-0.3, -0.25) is 0 Å². The summed E-state index contributed by atoms with van der Waals surface area (Å²) in [5.74, 6) is -0.527. The van der Waals surface area contributed by atoms with E-state index in [4.69, 9.17) is 5.10 Å². The van der Waals surface area contributed by atoms with Gasteiger partial charge in [-0.2, -0.15) is 5.10 Å². The Kier molecular flexibility index (Phi) is 3.65. The predicted octanol–water partition coefficient (Wildman–Crippen LogP) is 3.81. The fourth-order valence-corrected chi connectivity index (χ4v) is 3.19. The normalized spacial score (nSPS) is 14.6. The number of hydrogen-bond donors (Lipinski definition) is 0. The highest BCUT2D eigenvalue weighted by Gasteiger charge is 2.24. The molecule has 0 unspecified atom stereocenters. The summed E-state index contributed by atoms with van der Waals surface area (Å²) in [7, 11) is 2.08. The Bertz CT molecular complexity index is 867. The summed E-state index contributed by atoms with van der Waals surface area (Å²) < 4.78 is 28.4. The molecule has 2 aromatic carbocycles. The topological polar surface area (TPSA) is 21.1 Å². The summed E-state index contributed by atoms with van der Waals surface area (Å²) in [5.41, 5.74) is 4.88. The molecular weight excluding hydrogens is 308 g/mol. The third kappa shape index (κ3) is 2.61. The van der Waals surface area contributed by atoms with Crippen LogP contribution in [-0.2, 0) is 13.0 Å². The van der Waals surface area contributed by atoms with Gasteiger partial charge in [0.05, 0.1) is 17.1 Å². The highest BCUT2D eigenvalue weighted by Crippen LogP contribution is 2.31. The molecule has 1 aliphatic rings. The summed E-state index contributed by atoms with van der Waals surface area (Å²) in [5, 5.41) is 4.77. The lowest BCUT2D eigenvalue weighted by molar-refractivity contribution is 0.310. The number of nitrogens with zero attached hydrogens (tertiary/aromatic N) is 3. The van der Waals surface area contributed by atoms with E-state index in [2.05, 4.69) is 11.9 Å². The van der Waals surface area contributed by atoms with Crippen molar-refractivity contribution in [3.8, 4) is 16.9 Å². The molecule has 0 aliphatic carbocycles. The Labute approximate surface area is 139 Å². The van der Waals surface area contributed by atoms with E-state index in [1.54, 1.807) is 24.3 Å². The standard InChI is InChI=1S/C19H17F2N3/c1-23-11-10-18-17(12-23)19(13-2-4-14(20)5-3-13)22-24(18)16-8-6-15(21)7-9-16/h2-9H,10-12H2,1H3. The first-order valence-corrected chi connectivity index (χ1v) is 7.93. The van der Waals surface area contributed by atoms with Crippen LogP contribution in [0.3, 0.4) is 0 Å². The van der Waals surface area contributed by atoms with Gasteiger partial charge < -0.3 is 4.90 Å². The minimum Gasteiger partial charge on any atom is -0.302 e. The average molecular weight is 325 g/mol. The first kappa shape index (κ1) is 15.0. The van der Waals surface area contributed by atoms with E-state index in [1.165, 1.54) is 24.3 Å². The number of rotatable bonds is 2. The first-order valence-electron chi connectivity index (χ1n) is 7.93. The van der Waals surface area contributed by atoms with Crippen molar-refractivity contribution in [2.75, 3.05) is 13.6 Å². The third-order valence-electron chi connectivity index (χ3n) is 4.44. The summed E-state index contributed by atoms with van der Waals surface area (Å²) in [6.45, 7) is 1.74. The molecule has 2 heterocycles. The molecule has 0 saturated heterocycles. The van der Waals surface area contributed by atoms with Crippen LogP contribution in [-0.4, -0.2) is 28.3 Å². The minimum absolute atomic E-state index is 0.261. The molecular formula is C19H17F2N3. The molecule has 3 nitrogen and oxygen atoms in total. The summed E-state index contributed by atoms with van der Waals surface area (Å²) >= 11 is 0. The van der Waals surface area contributed by atoms with Crippen molar-refractivity contribution in [2.24, 2.45) is 0 Å². The van der Waals surface area contributed by atoms with Gasteiger partial charge >= 0.3 is 0 Å². The highest BCUT2D eigenvalue weighted by molar-refractivity contribution is 5.65. The molecule has 0 spiro atoms. The molecule has 0 fully saturated rings. The monoisotopic (exact) mass is 325 g/mol. The summed E-state index contributed by atoms with van der Waals surface area (Å²) in [6.07, 6.45) is 0.872. The molecule has 0 atom stereocenters. The van der Waals surface area contributed by atoms with Gasteiger partial charge in [-0.05, 0) is 55.6 Å². The van der Waals surface area contributed by atoms with Gasteiger partial charge in [-0.15, -0.1) is 0 Å². The van der Waals surface area contributed by atoms with E-state index in [0.717, 1.165) is 47.7 Å². The second-order valence-corrected chi connectivity index (χ2v) is 6.16. The van der Waals surface area contributed by atoms with Gasteiger partial charge in [0, 0.05) is 30.6 Å². The molecule has 1 aromatic heterocycles. The lowest BCUT2D eigenvalue weighted by Crippen LogP contribution is -2.27. The zero-order valence-corrected chi connectivity index (χ0v) is 13.3. The number of halogens is 2. The molecule has 4 rings (SSSR count). The third-order valence-corrected chi connectivity index (χ3v) is 4.44. The Morgan fingerprint density at radius 2 is 1.54 bits per heavy atom. The molecule has 122 valence electrons. The zero-order valence-electron chi connectivity index (χ0n) is 13.3. The fourth-order valence-electron chi connectivity index (χ4n) is 3.19. The molecule has 0 radical (unpaired) electrons. The smallest absolute Gasteiger partial charge is 0.123 e. The Morgan fingerprint density at radius 1 is 0.917 bits per heavy atom. The van der Waals surface area contributed by atoms with Crippen LogP contribution in [0.15, 0.2) is 48.5 Å². The molecule has 0 N–H and O–H groups in total. The first-order chi connectivity index (χ1) is 11.6. The van der Waals surface area contributed by atoms with Crippen LogP contribution in [0.25, 0.3) is 16.9 Å². The molecule has 24 heavy (non-hydrogen) atoms. The van der Waals surface area contributed by atoms with E-state index in [-0.39, 0.29) is 11.6 Å². The van der Waals surface area contributed by atoms with Crippen LogP contribution in [0.5, 0.6) is 0 Å². The van der Waals surface area contributed by atoms with Gasteiger partial charge in [0.1, 0.15) is 11.6 Å². The Morgan fingerprint density at radius 3 is 2.21 bits per heavy atom. The molecule has 1 aliphatic heterocycles. The van der Waals surface area contributed by atoms with Crippen LogP contribution >= 0.6 is 0 Å². The van der Waals surface area contributed by atoms with Gasteiger partial charge in [0.25, 0.3) is 0 Å². The predicted molar refractivity (Wildman–Crippen MR) is 89.0 cm³/mol. The quantitative estimate of drug-likeness (QED) is 0.714. The largest absolute Gasteiger partial charge is 0.302 e. The molecule has 0 saturated carbocycles. The van der Waals surface area contributed by atoms with E-state index in [1.807, 2.05) is 4.68 Å². The number of aromatic nitrogens is 2. The van der Waals surface area contributed by atoms with Crippen LogP contribution in [0.1, 0.15) is 11.3 Å². The van der Waals surface area contributed by atoms with Crippen molar-refractivity contribution in [1.29, 1.82) is 0 Å². The van der Waals surface area contributed by atoms with Gasteiger partial charge in [-0.25, -0.2) is 13.5 Å². The number of fused-ring (bicyclic) bond motifs is 1. The van der Waals surface area contributed by atoms with Crippen LogP contribution in [0.2, 0.25) is 0 Å². The zero-order chi connectivity index (χ0) is 16.7. The lowest BCUT2D eigenvalue weighted by atomic mass is 10.0. The summed E-state index contributed by atoms with van der Waals surface area (Å²) in [4.78, 5) is 2.24. The molecule has 5 heteroatoms. The van der Waals surface area contributed by atoms with Crippen LogP contribution in [0.4, 0.5) is 8.78 Å². The fraction of sp³-hybridized carbons (Fsp3) is 0.211. The van der Waals surface area contributed by atoms with Gasteiger partial charge in [0.2, 0.25) is 0 Å². The maximum Gasteiger partial charge on any atom is 0.123 e. The van der Waals surface area contributed by atoms with Crippen molar-refractivity contribution in [3.05, 3.63) is 71.4 Å². The maximum atomic E-state index is 13.2. The highest BCUT2D eigenvalue weighted by atomic mass is 19.1. The van der Waals surface area contributed by atoms with E-state index < -0.39 is 0 Å². The van der Waals surface area contributed by atoms with E-state index in [9.17, 15) is 8.78 Å². The second kappa shape index (κ2) is 5.83. The van der Waals surface area contributed by atoms with Crippen molar-refractivity contribution in [3.63, 3.8) is 0 Å². The molecule has 0 amide bonds. The number of likely N-dealkylation sites (N-methyl/N-ethyl adjacent to an activating group) is 1. The average Bonchev–Trinajstić information content (AvgIpc) is 2.95. The minimum atomic E-state index is -0.265. The lowest BCUT2D eigenvalue weighted by Gasteiger charge is -2.23. The van der Waals surface area contributed by atoms with Crippen molar-refractivity contribution < 1.29 is 8.78 Å². The Hall–Kier alpha value is -2.53. The van der Waals surface area contributed by atoms with Crippen molar-refractivity contribution >= 4 is 0 Å². The van der Waals surface area contributed by atoms with Crippen molar-refractivity contribution in [2.45, 2.75) is 13.0 Å². The van der Waals surface area contributed by atoms with Gasteiger partial charge in [0.15, 0.2) is 0 Å². The van der Waals surface area contributed by atoms with Crippen LogP contribution in [0, 0.1) is 11.6 Å². The SMILES string of the molecule is CN1CCc2c(c(-c3ccc(F)cc3)nn2-c2ccc(F)cc2)C1. The Balaban J connectivity index is 1.88. The molecule has 3 aromatic rings. The molecule has 0 bridgehead atoms.